The molecule has 0 bridgehead atoms. The summed E-state index contributed by atoms with van der Waals surface area (Å²) in [4.78, 5) is 0. The molecule has 1 heterocycles. The molecule has 0 spiro atoms. The molecule has 1 aromatic heterocycles. The molecule has 0 fully saturated rings. The van der Waals surface area contributed by atoms with Crippen LogP contribution in [-0.4, -0.2) is 4.68 Å². The van der Waals surface area contributed by atoms with Crippen LogP contribution in [0, 0.1) is 0 Å². The maximum absolute atomic E-state index is 2.27. The van der Waals surface area contributed by atoms with Crippen molar-refractivity contribution in [2.45, 2.75) is 39.8 Å². The number of aromatic nitrogens is 2. The van der Waals surface area contributed by atoms with Crippen LogP contribution in [0.5, 0.6) is 0 Å². The van der Waals surface area contributed by atoms with Crippen LogP contribution >= 0.6 is 0 Å². The van der Waals surface area contributed by atoms with Crippen molar-refractivity contribution < 1.29 is 4.68 Å². The summed E-state index contributed by atoms with van der Waals surface area (Å²) in [5.74, 6) is 0. The van der Waals surface area contributed by atoms with Crippen molar-refractivity contribution in [3.05, 3.63) is 18.5 Å². The minimum absolute atomic E-state index is 1.13. The van der Waals surface area contributed by atoms with Crippen molar-refractivity contribution in [3.63, 3.8) is 0 Å². The van der Waals surface area contributed by atoms with Crippen LogP contribution in [-0.2, 0) is 13.1 Å². The van der Waals surface area contributed by atoms with Gasteiger partial charge >= 0.3 is 0 Å². The molecule has 0 N–H and O–H groups in total. The van der Waals surface area contributed by atoms with Gasteiger partial charge in [-0.25, -0.2) is 0 Å². The highest BCUT2D eigenvalue weighted by atomic mass is 15.4. The lowest BCUT2D eigenvalue weighted by molar-refractivity contribution is -0.775. The maximum Gasteiger partial charge on any atom is 0.195 e. The topological polar surface area (TPSA) is 8.81 Å². The molecule has 0 unspecified atom stereocenters. The maximum atomic E-state index is 2.27. The zero-order chi connectivity index (χ0) is 8.10. The normalized spacial score (nSPS) is 10.4. The first-order valence-corrected chi connectivity index (χ1v) is 4.43. The Labute approximate surface area is 68.4 Å². The fraction of sp³-hybridized carbons (Fsp3) is 0.667. The highest BCUT2D eigenvalue weighted by Crippen LogP contribution is 1.87. The summed E-state index contributed by atoms with van der Waals surface area (Å²) < 4.78 is 4.53. The van der Waals surface area contributed by atoms with E-state index in [-0.39, 0.29) is 0 Å². The van der Waals surface area contributed by atoms with Crippen LogP contribution in [0.4, 0.5) is 0 Å². The van der Waals surface area contributed by atoms with Gasteiger partial charge in [0.25, 0.3) is 0 Å². The second kappa shape index (κ2) is 4.16. The van der Waals surface area contributed by atoms with Crippen molar-refractivity contribution >= 4 is 0 Å². The molecule has 11 heavy (non-hydrogen) atoms. The van der Waals surface area contributed by atoms with E-state index in [1.54, 1.807) is 0 Å². The smallest absolute Gasteiger partial charge is 0.161 e. The lowest BCUT2D eigenvalue weighted by Gasteiger charge is -1.98. The van der Waals surface area contributed by atoms with Gasteiger partial charge in [-0.2, -0.15) is 4.68 Å². The van der Waals surface area contributed by atoms with E-state index < -0.39 is 0 Å². The average Bonchev–Trinajstić information content (AvgIpc) is 2.39. The number of rotatable bonds is 4. The lowest BCUT2D eigenvalue weighted by atomic mass is 10.5. The molecule has 2 heteroatoms. The van der Waals surface area contributed by atoms with Crippen LogP contribution in [0.3, 0.4) is 0 Å². The molecular weight excluding hydrogens is 136 g/mol. The van der Waals surface area contributed by atoms with Crippen LogP contribution in [0.1, 0.15) is 26.7 Å². The molecule has 0 aromatic carbocycles. The quantitative estimate of drug-likeness (QED) is 0.581. The number of aryl methyl sites for hydroxylation is 2. The third-order valence-corrected chi connectivity index (χ3v) is 1.75. The van der Waals surface area contributed by atoms with Gasteiger partial charge in [0.1, 0.15) is 0 Å². The minimum atomic E-state index is 1.13. The molecule has 0 amide bonds. The van der Waals surface area contributed by atoms with E-state index in [1.165, 1.54) is 12.8 Å². The molecule has 0 aliphatic heterocycles. The predicted octanol–water partition coefficient (Wildman–Crippen LogP) is 1.60. The van der Waals surface area contributed by atoms with Gasteiger partial charge < -0.3 is 0 Å². The third-order valence-electron chi connectivity index (χ3n) is 1.75. The van der Waals surface area contributed by atoms with Crippen molar-refractivity contribution in [1.82, 2.24) is 4.68 Å². The Kier molecular flexibility index (Phi) is 3.14. The fourth-order valence-electron chi connectivity index (χ4n) is 1.27. The lowest BCUT2D eigenvalue weighted by Crippen LogP contribution is -2.42. The van der Waals surface area contributed by atoms with Crippen LogP contribution in [0.2, 0.25) is 0 Å². The van der Waals surface area contributed by atoms with Gasteiger partial charge in [-0.1, -0.05) is 13.8 Å². The Hall–Kier alpha value is -0.790. The molecular formula is C9H17N2+. The van der Waals surface area contributed by atoms with Gasteiger partial charge in [-0.05, 0) is 6.42 Å². The Balaban J connectivity index is 2.62. The highest BCUT2D eigenvalue weighted by molar-refractivity contribution is 4.71. The standard InChI is InChI=1S/C9H17N2/c1-3-6-10-8-5-9-11(10)7-4-2/h5,8-9H,3-4,6-7H2,1-2H3/q+1. The Morgan fingerprint density at radius 3 is 2.73 bits per heavy atom. The van der Waals surface area contributed by atoms with Crippen LogP contribution in [0.15, 0.2) is 18.5 Å². The molecule has 62 valence electrons. The average molecular weight is 153 g/mol. The van der Waals surface area contributed by atoms with Crippen molar-refractivity contribution in [3.8, 4) is 0 Å². The number of nitrogens with zero attached hydrogens (tertiary/aromatic N) is 2. The van der Waals surface area contributed by atoms with E-state index in [1.807, 2.05) is 0 Å². The van der Waals surface area contributed by atoms with Gasteiger partial charge in [0.05, 0.1) is 12.7 Å². The van der Waals surface area contributed by atoms with E-state index in [4.69, 9.17) is 0 Å². The Morgan fingerprint density at radius 1 is 1.27 bits per heavy atom. The Morgan fingerprint density at radius 2 is 2.09 bits per heavy atom. The molecule has 1 aromatic rings. The zero-order valence-corrected chi connectivity index (χ0v) is 7.45. The van der Waals surface area contributed by atoms with Crippen molar-refractivity contribution in [2.24, 2.45) is 0 Å². The molecule has 0 saturated heterocycles. The fourth-order valence-corrected chi connectivity index (χ4v) is 1.27. The predicted molar refractivity (Wildman–Crippen MR) is 45.2 cm³/mol. The zero-order valence-electron chi connectivity index (χ0n) is 7.45. The van der Waals surface area contributed by atoms with Gasteiger partial charge in [-0.15, -0.1) is 4.68 Å². The molecule has 0 aliphatic rings. The van der Waals surface area contributed by atoms with Gasteiger partial charge in [-0.3, -0.25) is 0 Å². The first kappa shape index (κ1) is 8.31. The molecule has 0 saturated carbocycles. The highest BCUT2D eigenvalue weighted by Gasteiger charge is 2.03. The van der Waals surface area contributed by atoms with Crippen molar-refractivity contribution in [1.29, 1.82) is 0 Å². The van der Waals surface area contributed by atoms with Crippen LogP contribution in [0.25, 0.3) is 0 Å². The summed E-state index contributed by atoms with van der Waals surface area (Å²) in [5, 5.41) is 0. The summed E-state index contributed by atoms with van der Waals surface area (Å²) in [6.07, 6.45) is 6.69. The summed E-state index contributed by atoms with van der Waals surface area (Å²) >= 11 is 0. The SMILES string of the molecule is CCCn1ccc[n+]1CCC. The first-order chi connectivity index (χ1) is 5.38. The second-order valence-corrected chi connectivity index (χ2v) is 2.82. The summed E-state index contributed by atoms with van der Waals surface area (Å²) in [5.41, 5.74) is 0. The van der Waals surface area contributed by atoms with Gasteiger partial charge in [0.15, 0.2) is 12.7 Å². The van der Waals surface area contributed by atoms with E-state index in [0.29, 0.717) is 0 Å². The number of hydrogen-bond acceptors (Lipinski definition) is 0. The number of hydrogen-bond donors (Lipinski definition) is 0. The van der Waals surface area contributed by atoms with Gasteiger partial charge in [0.2, 0.25) is 0 Å². The van der Waals surface area contributed by atoms with E-state index in [9.17, 15) is 0 Å². The first-order valence-electron chi connectivity index (χ1n) is 4.43. The minimum Gasteiger partial charge on any atom is -0.161 e. The largest absolute Gasteiger partial charge is 0.195 e. The Bertz CT molecular complexity index is 183. The summed E-state index contributed by atoms with van der Waals surface area (Å²) in [6, 6.07) is 2.10. The molecule has 2 nitrogen and oxygen atoms in total. The molecule has 0 radical (unpaired) electrons. The van der Waals surface area contributed by atoms with E-state index in [2.05, 4.69) is 41.7 Å². The molecule has 0 aliphatic carbocycles. The van der Waals surface area contributed by atoms with Gasteiger partial charge in [0, 0.05) is 12.5 Å². The van der Waals surface area contributed by atoms with E-state index >= 15 is 0 Å². The molecule has 1 rings (SSSR count). The van der Waals surface area contributed by atoms with Crippen LogP contribution < -0.4 is 4.68 Å². The summed E-state index contributed by atoms with van der Waals surface area (Å²) in [6.45, 7) is 6.67. The summed E-state index contributed by atoms with van der Waals surface area (Å²) in [7, 11) is 0. The third kappa shape index (κ3) is 2.07. The second-order valence-electron chi connectivity index (χ2n) is 2.82. The van der Waals surface area contributed by atoms with E-state index in [0.717, 1.165) is 13.1 Å². The monoisotopic (exact) mass is 153 g/mol. The molecule has 0 atom stereocenters. The van der Waals surface area contributed by atoms with Crippen molar-refractivity contribution in [2.75, 3.05) is 0 Å².